The maximum atomic E-state index is 5.26. The lowest BCUT2D eigenvalue weighted by Crippen LogP contribution is -1.94. The number of rotatable bonds is 4. The Morgan fingerprint density at radius 2 is 2.08 bits per heavy atom. The van der Waals surface area contributed by atoms with Crippen LogP contribution in [0.3, 0.4) is 0 Å². The molecule has 1 unspecified atom stereocenters. The third-order valence-corrected chi connectivity index (χ3v) is 2.60. The molecular weight excluding hydrogens is 180 g/mol. The van der Waals surface area contributed by atoms with E-state index in [9.17, 15) is 0 Å². The maximum absolute atomic E-state index is 5.26. The average molecular weight is 196 g/mol. The lowest BCUT2D eigenvalue weighted by Gasteiger charge is -2.13. The third-order valence-electron chi connectivity index (χ3n) is 2.06. The normalized spacial score (nSPS) is 12.5. The van der Waals surface area contributed by atoms with E-state index in [0.717, 1.165) is 18.6 Å². The molecule has 0 saturated carbocycles. The molecule has 1 aromatic rings. The van der Waals surface area contributed by atoms with E-state index in [1.54, 1.807) is 7.11 Å². The number of thiol groups is 1. The lowest BCUT2D eigenvalue weighted by molar-refractivity contribution is 0.408. The number of hydrogen-bond acceptors (Lipinski definition) is 2. The minimum absolute atomic E-state index is 0.293. The Morgan fingerprint density at radius 1 is 1.38 bits per heavy atom. The van der Waals surface area contributed by atoms with Gasteiger partial charge in [0.1, 0.15) is 5.75 Å². The van der Waals surface area contributed by atoms with E-state index in [4.69, 9.17) is 4.74 Å². The van der Waals surface area contributed by atoms with Crippen LogP contribution in [0.5, 0.6) is 5.75 Å². The molecule has 0 aliphatic rings. The molecule has 1 atom stereocenters. The molecule has 0 heterocycles. The molecule has 0 amide bonds. The molecule has 2 heteroatoms. The van der Waals surface area contributed by atoms with Crippen molar-refractivity contribution in [2.45, 2.75) is 25.0 Å². The average Bonchev–Trinajstić information content (AvgIpc) is 2.18. The van der Waals surface area contributed by atoms with Crippen molar-refractivity contribution >= 4 is 12.6 Å². The minimum atomic E-state index is 0.293. The summed E-state index contributed by atoms with van der Waals surface area (Å²) in [6, 6.07) is 8.06. The highest BCUT2D eigenvalue weighted by molar-refractivity contribution is 7.80. The predicted octanol–water partition coefficient (Wildman–Crippen LogP) is 3.47. The first kappa shape index (κ1) is 10.5. The van der Waals surface area contributed by atoms with Crippen molar-refractivity contribution in [1.82, 2.24) is 0 Å². The van der Waals surface area contributed by atoms with Crippen LogP contribution >= 0.6 is 12.6 Å². The molecule has 0 fully saturated rings. The first-order valence-electron chi connectivity index (χ1n) is 4.60. The summed E-state index contributed by atoms with van der Waals surface area (Å²) < 4.78 is 5.26. The summed E-state index contributed by atoms with van der Waals surface area (Å²) >= 11 is 4.54. The maximum Gasteiger partial charge on any atom is 0.123 e. The van der Waals surface area contributed by atoms with Crippen LogP contribution in [-0.2, 0) is 0 Å². The van der Waals surface area contributed by atoms with Crippen LogP contribution in [0, 0.1) is 0 Å². The Balaban J connectivity index is 2.85. The monoisotopic (exact) mass is 196 g/mol. The van der Waals surface area contributed by atoms with Crippen molar-refractivity contribution in [1.29, 1.82) is 0 Å². The van der Waals surface area contributed by atoms with Crippen molar-refractivity contribution in [3.05, 3.63) is 29.8 Å². The number of ether oxygens (including phenoxy) is 1. The number of para-hydroxylation sites is 1. The summed E-state index contributed by atoms with van der Waals surface area (Å²) in [6.45, 7) is 2.17. The van der Waals surface area contributed by atoms with Gasteiger partial charge in [-0.05, 0) is 12.5 Å². The van der Waals surface area contributed by atoms with Gasteiger partial charge in [0.15, 0.2) is 0 Å². The second-order valence-corrected chi connectivity index (χ2v) is 3.67. The van der Waals surface area contributed by atoms with Gasteiger partial charge in [-0.3, -0.25) is 0 Å². The smallest absolute Gasteiger partial charge is 0.123 e. The topological polar surface area (TPSA) is 9.23 Å². The van der Waals surface area contributed by atoms with Crippen molar-refractivity contribution in [3.63, 3.8) is 0 Å². The summed E-state index contributed by atoms with van der Waals surface area (Å²) in [5.41, 5.74) is 1.19. The fourth-order valence-corrected chi connectivity index (χ4v) is 1.84. The fraction of sp³-hybridized carbons (Fsp3) is 0.455. The second kappa shape index (κ2) is 5.18. The van der Waals surface area contributed by atoms with Gasteiger partial charge < -0.3 is 4.74 Å². The quantitative estimate of drug-likeness (QED) is 0.725. The fourth-order valence-electron chi connectivity index (χ4n) is 1.37. The van der Waals surface area contributed by atoms with Gasteiger partial charge in [0.05, 0.1) is 7.11 Å². The minimum Gasteiger partial charge on any atom is -0.496 e. The van der Waals surface area contributed by atoms with Crippen LogP contribution in [0.25, 0.3) is 0 Å². The second-order valence-electron chi connectivity index (χ2n) is 3.05. The lowest BCUT2D eigenvalue weighted by atomic mass is 10.1. The van der Waals surface area contributed by atoms with Crippen molar-refractivity contribution in [3.8, 4) is 5.75 Å². The molecule has 0 radical (unpaired) electrons. The van der Waals surface area contributed by atoms with Crippen molar-refractivity contribution in [2.24, 2.45) is 0 Å². The van der Waals surface area contributed by atoms with Gasteiger partial charge in [-0.1, -0.05) is 31.5 Å². The highest BCUT2D eigenvalue weighted by Crippen LogP contribution is 2.31. The Bertz CT molecular complexity index is 260. The highest BCUT2D eigenvalue weighted by Gasteiger charge is 2.09. The Hall–Kier alpha value is -0.630. The molecule has 72 valence electrons. The van der Waals surface area contributed by atoms with Gasteiger partial charge in [-0.2, -0.15) is 12.6 Å². The zero-order valence-electron chi connectivity index (χ0n) is 8.16. The zero-order chi connectivity index (χ0) is 9.68. The van der Waals surface area contributed by atoms with E-state index in [0.29, 0.717) is 5.25 Å². The van der Waals surface area contributed by atoms with E-state index >= 15 is 0 Å². The van der Waals surface area contributed by atoms with Gasteiger partial charge in [0.2, 0.25) is 0 Å². The molecule has 13 heavy (non-hydrogen) atoms. The van der Waals surface area contributed by atoms with Crippen molar-refractivity contribution < 1.29 is 4.74 Å². The summed E-state index contributed by atoms with van der Waals surface area (Å²) in [7, 11) is 1.70. The molecule has 1 nitrogen and oxygen atoms in total. The first-order chi connectivity index (χ1) is 6.29. The molecule has 0 aliphatic carbocycles. The van der Waals surface area contributed by atoms with Crippen LogP contribution in [0.15, 0.2) is 24.3 Å². The molecular formula is C11H16OS. The zero-order valence-corrected chi connectivity index (χ0v) is 9.05. The molecule has 0 N–H and O–H groups in total. The van der Waals surface area contributed by atoms with E-state index < -0.39 is 0 Å². The molecule has 0 bridgehead atoms. The number of methoxy groups -OCH3 is 1. The highest BCUT2D eigenvalue weighted by atomic mass is 32.1. The molecule has 0 saturated heterocycles. The third kappa shape index (κ3) is 2.66. The molecule has 0 aliphatic heterocycles. The SMILES string of the molecule is CCCC(S)c1ccccc1OC. The first-order valence-corrected chi connectivity index (χ1v) is 5.12. The summed E-state index contributed by atoms with van der Waals surface area (Å²) in [5, 5.41) is 0.293. The van der Waals surface area contributed by atoms with Gasteiger partial charge in [0, 0.05) is 10.8 Å². The predicted molar refractivity (Wildman–Crippen MR) is 59.6 cm³/mol. The Morgan fingerprint density at radius 3 is 2.69 bits per heavy atom. The largest absolute Gasteiger partial charge is 0.496 e. The van der Waals surface area contributed by atoms with Gasteiger partial charge in [-0.25, -0.2) is 0 Å². The van der Waals surface area contributed by atoms with Gasteiger partial charge in [0.25, 0.3) is 0 Å². The van der Waals surface area contributed by atoms with Crippen LogP contribution < -0.4 is 4.74 Å². The van der Waals surface area contributed by atoms with Crippen LogP contribution in [0.2, 0.25) is 0 Å². The van der Waals surface area contributed by atoms with E-state index in [2.05, 4.69) is 25.6 Å². The summed E-state index contributed by atoms with van der Waals surface area (Å²) in [5.74, 6) is 0.941. The van der Waals surface area contributed by atoms with Crippen LogP contribution in [0.1, 0.15) is 30.6 Å². The summed E-state index contributed by atoms with van der Waals surface area (Å²) in [4.78, 5) is 0. The number of benzene rings is 1. The van der Waals surface area contributed by atoms with E-state index in [1.807, 2.05) is 18.2 Å². The van der Waals surface area contributed by atoms with Crippen LogP contribution in [0.4, 0.5) is 0 Å². The standard InChI is InChI=1S/C11H16OS/c1-3-6-11(13)9-7-4-5-8-10(9)12-2/h4-5,7-8,11,13H,3,6H2,1-2H3. The summed E-state index contributed by atoms with van der Waals surface area (Å²) in [6.07, 6.45) is 2.23. The molecule has 1 aromatic carbocycles. The molecule has 1 rings (SSSR count). The molecule has 0 aromatic heterocycles. The molecule has 0 spiro atoms. The number of hydrogen-bond donors (Lipinski definition) is 1. The van der Waals surface area contributed by atoms with Gasteiger partial charge >= 0.3 is 0 Å². The Labute approximate surface area is 85.5 Å². The van der Waals surface area contributed by atoms with Gasteiger partial charge in [-0.15, -0.1) is 0 Å². The van der Waals surface area contributed by atoms with E-state index in [1.165, 1.54) is 5.56 Å². The van der Waals surface area contributed by atoms with E-state index in [-0.39, 0.29) is 0 Å². The van der Waals surface area contributed by atoms with Crippen molar-refractivity contribution in [2.75, 3.05) is 7.11 Å². The Kier molecular flexibility index (Phi) is 4.16. The van der Waals surface area contributed by atoms with Crippen LogP contribution in [-0.4, -0.2) is 7.11 Å².